The molecule has 2 atom stereocenters. The largest absolute Gasteiger partial charge is 0.480 e. The van der Waals surface area contributed by atoms with Crippen LogP contribution < -0.4 is 0 Å². The third-order valence-electron chi connectivity index (χ3n) is 4.35. The lowest BCUT2D eigenvalue weighted by Gasteiger charge is -2.20. The second kappa shape index (κ2) is 5.76. The Bertz CT molecular complexity index is 526. The van der Waals surface area contributed by atoms with Crippen molar-refractivity contribution in [2.45, 2.75) is 31.9 Å². The highest BCUT2D eigenvalue weighted by Crippen LogP contribution is 2.43. The Labute approximate surface area is 123 Å². The Morgan fingerprint density at radius 3 is 2.52 bits per heavy atom. The molecule has 5 nitrogen and oxygen atoms in total. The molecule has 0 aromatic heterocycles. The predicted molar refractivity (Wildman–Crippen MR) is 75.6 cm³/mol. The van der Waals surface area contributed by atoms with Crippen LogP contribution in [-0.2, 0) is 16.1 Å². The highest BCUT2D eigenvalue weighted by molar-refractivity contribution is 5.80. The fourth-order valence-corrected chi connectivity index (χ4v) is 3.02. The first-order valence-corrected chi connectivity index (χ1v) is 7.35. The first-order chi connectivity index (χ1) is 10.1. The summed E-state index contributed by atoms with van der Waals surface area (Å²) in [5.41, 5.74) is 0.899. The Hall–Kier alpha value is -2.04. The van der Waals surface area contributed by atoms with Gasteiger partial charge in [-0.3, -0.25) is 4.90 Å². The van der Waals surface area contributed by atoms with E-state index in [4.69, 9.17) is 4.74 Å². The average Bonchev–Trinajstić information content (AvgIpc) is 3.24. The molecule has 1 heterocycles. The number of rotatable bonds is 4. The van der Waals surface area contributed by atoms with Crippen molar-refractivity contribution in [2.24, 2.45) is 11.8 Å². The summed E-state index contributed by atoms with van der Waals surface area (Å²) in [4.78, 5) is 24.9. The molecule has 1 amide bonds. The molecule has 1 saturated carbocycles. The molecule has 1 saturated heterocycles. The van der Waals surface area contributed by atoms with E-state index in [9.17, 15) is 14.7 Å². The fourth-order valence-electron chi connectivity index (χ4n) is 3.02. The second-order valence-corrected chi connectivity index (χ2v) is 5.88. The molecule has 0 bridgehead atoms. The van der Waals surface area contributed by atoms with E-state index in [2.05, 4.69) is 0 Å². The molecule has 1 aromatic rings. The number of hydrogen-bond acceptors (Lipinski definition) is 3. The Kier molecular flexibility index (Phi) is 3.82. The lowest BCUT2D eigenvalue weighted by Crippen LogP contribution is -2.40. The molecule has 3 rings (SSSR count). The number of nitrogens with zero attached hydrogens (tertiary/aromatic N) is 1. The Morgan fingerprint density at radius 1 is 1.19 bits per heavy atom. The third-order valence-corrected chi connectivity index (χ3v) is 4.35. The quantitative estimate of drug-likeness (QED) is 0.924. The van der Waals surface area contributed by atoms with Crippen LogP contribution in [0.5, 0.6) is 0 Å². The molecule has 21 heavy (non-hydrogen) atoms. The van der Waals surface area contributed by atoms with Crippen molar-refractivity contribution >= 4 is 12.1 Å². The molecular formula is C16H19NO4. The van der Waals surface area contributed by atoms with Gasteiger partial charge in [-0.25, -0.2) is 9.59 Å². The van der Waals surface area contributed by atoms with Crippen LogP contribution in [0.3, 0.4) is 0 Å². The lowest BCUT2D eigenvalue weighted by molar-refractivity contribution is -0.141. The number of carboxylic acids is 1. The van der Waals surface area contributed by atoms with Gasteiger partial charge in [0.25, 0.3) is 0 Å². The molecule has 2 fully saturated rings. The minimum atomic E-state index is -0.935. The molecule has 0 radical (unpaired) electrons. The Balaban J connectivity index is 1.60. The number of aliphatic carboxylic acids is 1. The van der Waals surface area contributed by atoms with Gasteiger partial charge in [0.05, 0.1) is 0 Å². The van der Waals surface area contributed by atoms with E-state index in [0.29, 0.717) is 24.8 Å². The summed E-state index contributed by atoms with van der Waals surface area (Å²) in [6, 6.07) is 8.66. The van der Waals surface area contributed by atoms with Crippen molar-refractivity contribution in [3.8, 4) is 0 Å². The SMILES string of the molecule is O=C(O)[C@@H]1C[C@@H](C2CC2)CN1C(=O)OCc1ccccc1. The number of benzene rings is 1. The van der Waals surface area contributed by atoms with Crippen LogP contribution in [0.25, 0.3) is 0 Å². The molecule has 0 unspecified atom stereocenters. The van der Waals surface area contributed by atoms with Gasteiger partial charge in [-0.05, 0) is 36.7 Å². The van der Waals surface area contributed by atoms with E-state index in [1.165, 1.54) is 4.90 Å². The standard InChI is InChI=1S/C16H19NO4/c18-15(19)14-8-13(12-6-7-12)9-17(14)16(20)21-10-11-4-2-1-3-5-11/h1-5,12-14H,6-10H2,(H,18,19)/t13-,14+/m1/s1. The van der Waals surface area contributed by atoms with Crippen molar-refractivity contribution in [3.63, 3.8) is 0 Å². The second-order valence-electron chi connectivity index (χ2n) is 5.88. The van der Waals surface area contributed by atoms with Crippen molar-refractivity contribution in [1.29, 1.82) is 0 Å². The van der Waals surface area contributed by atoms with E-state index in [-0.39, 0.29) is 6.61 Å². The topological polar surface area (TPSA) is 66.8 Å². The predicted octanol–water partition coefficient (Wildman–Crippen LogP) is 2.51. The van der Waals surface area contributed by atoms with Crippen LogP contribution in [-0.4, -0.2) is 34.7 Å². The minimum Gasteiger partial charge on any atom is -0.480 e. The normalized spacial score (nSPS) is 24.9. The van der Waals surface area contributed by atoms with Crippen molar-refractivity contribution in [1.82, 2.24) is 4.90 Å². The highest BCUT2D eigenvalue weighted by Gasteiger charge is 2.45. The number of carbonyl (C=O) groups is 2. The van der Waals surface area contributed by atoms with Crippen molar-refractivity contribution in [3.05, 3.63) is 35.9 Å². The summed E-state index contributed by atoms with van der Waals surface area (Å²) in [6.45, 7) is 0.686. The molecule has 112 valence electrons. The van der Waals surface area contributed by atoms with E-state index < -0.39 is 18.1 Å². The molecule has 1 N–H and O–H groups in total. The van der Waals surface area contributed by atoms with Gasteiger partial charge in [-0.2, -0.15) is 0 Å². The maximum Gasteiger partial charge on any atom is 0.410 e. The van der Waals surface area contributed by atoms with E-state index in [1.807, 2.05) is 30.3 Å². The van der Waals surface area contributed by atoms with Crippen LogP contribution in [0.1, 0.15) is 24.8 Å². The summed E-state index contributed by atoms with van der Waals surface area (Å²) in [5, 5.41) is 9.29. The maximum absolute atomic E-state index is 12.2. The summed E-state index contributed by atoms with van der Waals surface area (Å²) in [5.74, 6) is -0.0241. The number of likely N-dealkylation sites (tertiary alicyclic amines) is 1. The molecular weight excluding hydrogens is 270 g/mol. The van der Waals surface area contributed by atoms with Gasteiger partial charge in [0.1, 0.15) is 12.6 Å². The minimum absolute atomic E-state index is 0.177. The molecule has 1 aliphatic heterocycles. The van der Waals surface area contributed by atoms with Gasteiger partial charge < -0.3 is 9.84 Å². The van der Waals surface area contributed by atoms with Crippen LogP contribution >= 0.6 is 0 Å². The summed E-state index contributed by atoms with van der Waals surface area (Å²) < 4.78 is 5.26. The van der Waals surface area contributed by atoms with E-state index in [0.717, 1.165) is 18.4 Å². The van der Waals surface area contributed by atoms with Gasteiger partial charge in [0.2, 0.25) is 0 Å². The summed E-state index contributed by atoms with van der Waals surface area (Å²) in [6.07, 6.45) is 2.35. The van der Waals surface area contributed by atoms with Gasteiger partial charge in [0, 0.05) is 6.54 Å². The van der Waals surface area contributed by atoms with Crippen LogP contribution in [0.2, 0.25) is 0 Å². The molecule has 1 aliphatic carbocycles. The first kappa shape index (κ1) is 13.9. The van der Waals surface area contributed by atoms with Crippen LogP contribution in [0.4, 0.5) is 4.79 Å². The zero-order valence-electron chi connectivity index (χ0n) is 11.8. The Morgan fingerprint density at radius 2 is 1.90 bits per heavy atom. The van der Waals surface area contributed by atoms with E-state index >= 15 is 0 Å². The molecule has 5 heteroatoms. The zero-order chi connectivity index (χ0) is 14.8. The lowest BCUT2D eigenvalue weighted by atomic mass is 10.0. The van der Waals surface area contributed by atoms with E-state index in [1.54, 1.807) is 0 Å². The first-order valence-electron chi connectivity index (χ1n) is 7.35. The monoisotopic (exact) mass is 289 g/mol. The number of ether oxygens (including phenoxy) is 1. The average molecular weight is 289 g/mol. The molecule has 1 aromatic carbocycles. The number of carbonyl (C=O) groups excluding carboxylic acids is 1. The maximum atomic E-state index is 12.2. The number of carboxylic acid groups (broad SMARTS) is 1. The van der Waals surface area contributed by atoms with Crippen molar-refractivity contribution in [2.75, 3.05) is 6.54 Å². The fraction of sp³-hybridized carbons (Fsp3) is 0.500. The van der Waals surface area contributed by atoms with Gasteiger partial charge >= 0.3 is 12.1 Å². The zero-order valence-corrected chi connectivity index (χ0v) is 11.8. The smallest absolute Gasteiger partial charge is 0.410 e. The van der Waals surface area contributed by atoms with Gasteiger partial charge in [-0.15, -0.1) is 0 Å². The number of amides is 1. The van der Waals surface area contributed by atoms with Crippen LogP contribution in [0.15, 0.2) is 30.3 Å². The number of hydrogen-bond donors (Lipinski definition) is 1. The summed E-state index contributed by atoms with van der Waals surface area (Å²) >= 11 is 0. The van der Waals surface area contributed by atoms with Crippen molar-refractivity contribution < 1.29 is 19.4 Å². The summed E-state index contributed by atoms with van der Waals surface area (Å²) in [7, 11) is 0. The molecule has 0 spiro atoms. The molecule has 2 aliphatic rings. The van der Waals surface area contributed by atoms with Gasteiger partial charge in [-0.1, -0.05) is 30.3 Å². The highest BCUT2D eigenvalue weighted by atomic mass is 16.6. The van der Waals surface area contributed by atoms with Crippen LogP contribution in [0, 0.1) is 11.8 Å². The van der Waals surface area contributed by atoms with Gasteiger partial charge in [0.15, 0.2) is 0 Å². The third kappa shape index (κ3) is 3.17.